The second-order valence-corrected chi connectivity index (χ2v) is 3.71. The van der Waals surface area contributed by atoms with Crippen LogP contribution < -0.4 is 5.32 Å². The molecule has 1 aromatic carbocycles. The van der Waals surface area contributed by atoms with E-state index in [-0.39, 0.29) is 0 Å². The fourth-order valence-corrected chi connectivity index (χ4v) is 1.50. The Morgan fingerprint density at radius 2 is 2.27 bits per heavy atom. The van der Waals surface area contributed by atoms with Crippen molar-refractivity contribution in [2.24, 2.45) is 0 Å². The molecule has 0 unspecified atom stereocenters. The van der Waals surface area contributed by atoms with Crippen LogP contribution in [0.1, 0.15) is 15.9 Å². The predicted octanol–water partition coefficient (Wildman–Crippen LogP) is 1.50. The van der Waals surface area contributed by atoms with Gasteiger partial charge in [0, 0.05) is 5.69 Å². The summed E-state index contributed by atoms with van der Waals surface area (Å²) in [6, 6.07) is 5.44. The van der Waals surface area contributed by atoms with Crippen LogP contribution in [0.3, 0.4) is 0 Å². The second kappa shape index (κ2) is 3.90. The Balaban J connectivity index is 2.14. The first-order valence-corrected chi connectivity index (χ1v) is 4.85. The number of anilines is 1. The smallest absolute Gasteiger partial charge is 0.335 e. The van der Waals surface area contributed by atoms with Gasteiger partial charge in [-0.3, -0.25) is 0 Å². The van der Waals surface area contributed by atoms with E-state index in [9.17, 15) is 4.79 Å². The lowest BCUT2D eigenvalue weighted by molar-refractivity contribution is 0.0211. The van der Waals surface area contributed by atoms with Gasteiger partial charge in [0.2, 0.25) is 0 Å². The SMILES string of the molecule is Cc1cc(C(=O)O)ccc1NC1COC1. The maximum absolute atomic E-state index is 10.7. The highest BCUT2D eigenvalue weighted by Crippen LogP contribution is 2.19. The van der Waals surface area contributed by atoms with Crippen molar-refractivity contribution in [2.75, 3.05) is 18.5 Å². The third-order valence-electron chi connectivity index (χ3n) is 2.47. The first kappa shape index (κ1) is 9.98. The summed E-state index contributed by atoms with van der Waals surface area (Å²) in [5.41, 5.74) is 2.25. The molecule has 2 N–H and O–H groups in total. The van der Waals surface area contributed by atoms with Gasteiger partial charge < -0.3 is 15.2 Å². The topological polar surface area (TPSA) is 58.6 Å². The third-order valence-corrected chi connectivity index (χ3v) is 2.47. The normalized spacial score (nSPS) is 15.8. The van der Waals surface area contributed by atoms with Gasteiger partial charge in [0.05, 0.1) is 24.8 Å². The molecule has 4 heteroatoms. The van der Waals surface area contributed by atoms with Gasteiger partial charge in [-0.05, 0) is 30.7 Å². The second-order valence-electron chi connectivity index (χ2n) is 3.71. The summed E-state index contributed by atoms with van der Waals surface area (Å²) >= 11 is 0. The number of carbonyl (C=O) groups is 1. The lowest BCUT2D eigenvalue weighted by Crippen LogP contribution is -2.40. The molecule has 0 aromatic heterocycles. The minimum atomic E-state index is -0.892. The lowest BCUT2D eigenvalue weighted by atomic mass is 10.1. The molecule has 0 spiro atoms. The quantitative estimate of drug-likeness (QED) is 0.788. The maximum atomic E-state index is 10.7. The van der Waals surface area contributed by atoms with E-state index in [4.69, 9.17) is 9.84 Å². The third kappa shape index (κ3) is 2.10. The molecule has 1 aliphatic heterocycles. The van der Waals surface area contributed by atoms with Crippen molar-refractivity contribution in [3.05, 3.63) is 29.3 Å². The Kier molecular flexibility index (Phi) is 2.60. The van der Waals surface area contributed by atoms with Gasteiger partial charge in [-0.25, -0.2) is 4.79 Å². The van der Waals surface area contributed by atoms with Gasteiger partial charge in [0.15, 0.2) is 0 Å². The van der Waals surface area contributed by atoms with Crippen LogP contribution in [0.15, 0.2) is 18.2 Å². The van der Waals surface area contributed by atoms with Gasteiger partial charge in [-0.1, -0.05) is 0 Å². The van der Waals surface area contributed by atoms with Crippen LogP contribution in [-0.2, 0) is 4.74 Å². The molecule has 80 valence electrons. The zero-order valence-electron chi connectivity index (χ0n) is 8.49. The van der Waals surface area contributed by atoms with Crippen LogP contribution in [0.4, 0.5) is 5.69 Å². The van der Waals surface area contributed by atoms with Crippen LogP contribution in [-0.4, -0.2) is 30.3 Å². The molecule has 2 rings (SSSR count). The maximum Gasteiger partial charge on any atom is 0.335 e. The minimum Gasteiger partial charge on any atom is -0.478 e. The van der Waals surface area contributed by atoms with E-state index in [1.807, 2.05) is 6.92 Å². The van der Waals surface area contributed by atoms with Gasteiger partial charge in [0.1, 0.15) is 0 Å². The summed E-state index contributed by atoms with van der Waals surface area (Å²) in [5, 5.41) is 12.1. The average Bonchev–Trinajstić information content (AvgIpc) is 2.12. The summed E-state index contributed by atoms with van der Waals surface area (Å²) in [6.07, 6.45) is 0. The number of hydrogen-bond acceptors (Lipinski definition) is 3. The fraction of sp³-hybridized carbons (Fsp3) is 0.364. The fourth-order valence-electron chi connectivity index (χ4n) is 1.50. The first-order valence-electron chi connectivity index (χ1n) is 4.85. The molecule has 1 fully saturated rings. The van der Waals surface area contributed by atoms with E-state index < -0.39 is 5.97 Å². The predicted molar refractivity (Wildman–Crippen MR) is 56.4 cm³/mol. The number of rotatable bonds is 3. The summed E-state index contributed by atoms with van der Waals surface area (Å²) < 4.78 is 5.05. The number of benzene rings is 1. The number of aromatic carboxylic acids is 1. The molecule has 1 heterocycles. The van der Waals surface area contributed by atoms with E-state index in [2.05, 4.69) is 5.32 Å². The molecule has 0 bridgehead atoms. The highest BCUT2D eigenvalue weighted by Gasteiger charge is 2.18. The Hall–Kier alpha value is -1.55. The van der Waals surface area contributed by atoms with Crippen molar-refractivity contribution in [1.82, 2.24) is 0 Å². The molecule has 1 saturated heterocycles. The highest BCUT2D eigenvalue weighted by atomic mass is 16.5. The highest BCUT2D eigenvalue weighted by molar-refractivity contribution is 5.88. The van der Waals surface area contributed by atoms with Crippen LogP contribution >= 0.6 is 0 Å². The average molecular weight is 207 g/mol. The number of carboxylic acids is 1. The molecule has 0 aliphatic carbocycles. The molecule has 0 radical (unpaired) electrons. The molecule has 0 saturated carbocycles. The molecular weight excluding hydrogens is 194 g/mol. The summed E-state index contributed by atoms with van der Waals surface area (Å²) in [6.45, 7) is 3.34. The van der Waals surface area contributed by atoms with Crippen molar-refractivity contribution < 1.29 is 14.6 Å². The lowest BCUT2D eigenvalue weighted by Gasteiger charge is -2.28. The summed E-state index contributed by atoms with van der Waals surface area (Å²) in [7, 11) is 0. The van der Waals surface area contributed by atoms with Crippen LogP contribution in [0, 0.1) is 6.92 Å². The van der Waals surface area contributed by atoms with Gasteiger partial charge in [0.25, 0.3) is 0 Å². The van der Waals surface area contributed by atoms with Gasteiger partial charge in [-0.15, -0.1) is 0 Å². The van der Waals surface area contributed by atoms with Gasteiger partial charge in [-0.2, -0.15) is 0 Å². The van der Waals surface area contributed by atoms with E-state index in [1.165, 1.54) is 0 Å². The van der Waals surface area contributed by atoms with Gasteiger partial charge >= 0.3 is 5.97 Å². The van der Waals surface area contributed by atoms with E-state index in [0.717, 1.165) is 24.5 Å². The Morgan fingerprint density at radius 3 is 2.73 bits per heavy atom. The van der Waals surface area contributed by atoms with Crippen LogP contribution in [0.25, 0.3) is 0 Å². The zero-order valence-corrected chi connectivity index (χ0v) is 8.49. The van der Waals surface area contributed by atoms with E-state index in [0.29, 0.717) is 11.6 Å². The van der Waals surface area contributed by atoms with Crippen LogP contribution in [0.5, 0.6) is 0 Å². The Morgan fingerprint density at radius 1 is 1.53 bits per heavy atom. The summed E-state index contributed by atoms with van der Waals surface area (Å²) in [4.78, 5) is 10.7. The molecule has 1 aromatic rings. The Labute approximate surface area is 87.9 Å². The van der Waals surface area contributed by atoms with Crippen molar-refractivity contribution in [3.8, 4) is 0 Å². The molecular formula is C11H13NO3. The number of nitrogens with one attached hydrogen (secondary N) is 1. The standard InChI is InChI=1S/C11H13NO3/c1-7-4-8(11(13)14)2-3-10(7)12-9-5-15-6-9/h2-4,9,12H,5-6H2,1H3,(H,13,14). The molecule has 0 amide bonds. The van der Waals surface area contributed by atoms with E-state index >= 15 is 0 Å². The monoisotopic (exact) mass is 207 g/mol. The number of carboxylic acid groups (broad SMARTS) is 1. The molecule has 15 heavy (non-hydrogen) atoms. The molecule has 1 aliphatic rings. The zero-order chi connectivity index (χ0) is 10.8. The number of ether oxygens (including phenoxy) is 1. The van der Waals surface area contributed by atoms with E-state index in [1.54, 1.807) is 18.2 Å². The molecule has 4 nitrogen and oxygen atoms in total. The first-order chi connectivity index (χ1) is 7.16. The van der Waals surface area contributed by atoms with Crippen molar-refractivity contribution in [3.63, 3.8) is 0 Å². The van der Waals surface area contributed by atoms with Crippen molar-refractivity contribution in [1.29, 1.82) is 0 Å². The largest absolute Gasteiger partial charge is 0.478 e. The molecule has 0 atom stereocenters. The van der Waals surface area contributed by atoms with Crippen molar-refractivity contribution >= 4 is 11.7 Å². The Bertz CT molecular complexity index is 385. The van der Waals surface area contributed by atoms with Crippen molar-refractivity contribution in [2.45, 2.75) is 13.0 Å². The van der Waals surface area contributed by atoms with Crippen LogP contribution in [0.2, 0.25) is 0 Å². The number of aryl methyl sites for hydroxylation is 1. The minimum absolute atomic E-state index is 0.322. The summed E-state index contributed by atoms with van der Waals surface area (Å²) in [5.74, 6) is -0.892. The number of hydrogen-bond donors (Lipinski definition) is 2.